The molecular formula is C26H31F4N7O. The molecule has 1 fully saturated rings. The van der Waals surface area contributed by atoms with E-state index in [4.69, 9.17) is 0 Å². The summed E-state index contributed by atoms with van der Waals surface area (Å²) in [5.74, 6) is -2.08. The van der Waals surface area contributed by atoms with Gasteiger partial charge in [-0.25, -0.2) is 13.9 Å². The second-order valence-electron chi connectivity index (χ2n) is 9.61. The molecule has 0 unspecified atom stereocenters. The maximum absolute atomic E-state index is 13.8. The largest absolute Gasteiger partial charge is 0.392 e. The summed E-state index contributed by atoms with van der Waals surface area (Å²) >= 11 is 0. The number of carbonyl (C=O) groups is 1. The number of benzene rings is 2. The van der Waals surface area contributed by atoms with Gasteiger partial charge in [-0.15, -0.1) is 5.10 Å². The monoisotopic (exact) mass is 533 g/mol. The number of carbonyl (C=O) groups excluding carboxylic acids is 1. The number of amides is 2. The van der Waals surface area contributed by atoms with Crippen LogP contribution in [0.25, 0.3) is 11.4 Å². The van der Waals surface area contributed by atoms with Crippen molar-refractivity contribution in [2.75, 3.05) is 31.5 Å². The molecular weight excluding hydrogens is 502 g/mol. The number of rotatable bonds is 8. The minimum atomic E-state index is -4.35. The summed E-state index contributed by atoms with van der Waals surface area (Å²) in [5.41, 5.74) is 3.08. The molecule has 0 spiro atoms. The maximum Gasteiger partial charge on any atom is 0.392 e. The van der Waals surface area contributed by atoms with Gasteiger partial charge in [0.05, 0.1) is 5.92 Å². The Morgan fingerprint density at radius 1 is 1.13 bits per heavy atom. The highest BCUT2D eigenvalue weighted by Gasteiger charge is 2.46. The van der Waals surface area contributed by atoms with Crippen LogP contribution in [0.5, 0.6) is 0 Å². The Morgan fingerprint density at radius 3 is 2.55 bits per heavy atom. The lowest BCUT2D eigenvalue weighted by Gasteiger charge is -2.39. The van der Waals surface area contributed by atoms with Crippen LogP contribution in [0.3, 0.4) is 0 Å². The lowest BCUT2D eigenvalue weighted by atomic mass is 9.84. The highest BCUT2D eigenvalue weighted by molar-refractivity contribution is 5.90. The molecule has 1 aliphatic rings. The third kappa shape index (κ3) is 7.06. The van der Waals surface area contributed by atoms with Crippen molar-refractivity contribution >= 4 is 11.7 Å². The molecule has 8 nitrogen and oxygen atoms in total. The number of aryl methyl sites for hydroxylation is 2. The summed E-state index contributed by atoms with van der Waals surface area (Å²) in [6, 6.07) is 11.0. The summed E-state index contributed by atoms with van der Waals surface area (Å²) in [4.78, 5) is 14.7. The SMILES string of the molecule is CCc1cc(NC(=O)NC[C@H]2CN(CCc3ccc(F)cc3)CC[C@@H]2C(F)(F)F)cc(-c2nnnn2C)c1. The van der Waals surface area contributed by atoms with Gasteiger partial charge < -0.3 is 15.5 Å². The zero-order valence-electron chi connectivity index (χ0n) is 21.3. The predicted octanol–water partition coefficient (Wildman–Crippen LogP) is 4.44. The van der Waals surface area contributed by atoms with Gasteiger partial charge in [-0.3, -0.25) is 0 Å². The normalized spacial score (nSPS) is 18.4. The van der Waals surface area contributed by atoms with Crippen molar-refractivity contribution in [3.63, 3.8) is 0 Å². The number of hydrogen-bond donors (Lipinski definition) is 2. The number of likely N-dealkylation sites (tertiary alicyclic amines) is 1. The number of aromatic nitrogens is 4. The summed E-state index contributed by atoms with van der Waals surface area (Å²) < 4.78 is 56.0. The Hall–Kier alpha value is -3.54. The molecule has 3 aromatic rings. The minimum absolute atomic E-state index is 0.0332. The average Bonchev–Trinajstić information content (AvgIpc) is 3.32. The van der Waals surface area contributed by atoms with E-state index in [2.05, 4.69) is 26.2 Å². The third-order valence-electron chi connectivity index (χ3n) is 6.93. The van der Waals surface area contributed by atoms with Crippen molar-refractivity contribution in [1.82, 2.24) is 30.4 Å². The first-order valence-electron chi connectivity index (χ1n) is 12.6. The molecule has 204 valence electrons. The maximum atomic E-state index is 13.8. The molecule has 0 bridgehead atoms. The van der Waals surface area contributed by atoms with Crippen molar-refractivity contribution in [3.8, 4) is 11.4 Å². The third-order valence-corrected chi connectivity index (χ3v) is 6.93. The summed E-state index contributed by atoms with van der Waals surface area (Å²) in [6.07, 6.45) is -3.07. The second-order valence-corrected chi connectivity index (χ2v) is 9.61. The van der Waals surface area contributed by atoms with Crippen LogP contribution in [0.4, 0.5) is 28.0 Å². The van der Waals surface area contributed by atoms with E-state index in [0.29, 0.717) is 43.0 Å². The van der Waals surface area contributed by atoms with Crippen LogP contribution in [0, 0.1) is 17.7 Å². The molecule has 1 aliphatic heterocycles. The fourth-order valence-electron chi connectivity index (χ4n) is 4.86. The summed E-state index contributed by atoms with van der Waals surface area (Å²) in [6.45, 7) is 2.94. The molecule has 0 saturated carbocycles. The fourth-order valence-corrected chi connectivity index (χ4v) is 4.86. The van der Waals surface area contributed by atoms with E-state index in [9.17, 15) is 22.4 Å². The Morgan fingerprint density at radius 2 is 1.89 bits per heavy atom. The quantitative estimate of drug-likeness (QED) is 0.418. The topological polar surface area (TPSA) is 88.0 Å². The first kappa shape index (κ1) is 27.5. The van der Waals surface area contributed by atoms with Crippen molar-refractivity contribution in [2.24, 2.45) is 18.9 Å². The van der Waals surface area contributed by atoms with E-state index in [1.807, 2.05) is 24.0 Å². The number of halogens is 4. The van der Waals surface area contributed by atoms with Gasteiger partial charge in [0, 0.05) is 43.9 Å². The smallest absolute Gasteiger partial charge is 0.338 e. The molecule has 2 aromatic carbocycles. The molecule has 0 radical (unpaired) electrons. The number of nitrogens with zero attached hydrogens (tertiary/aromatic N) is 5. The number of hydrogen-bond acceptors (Lipinski definition) is 5. The number of anilines is 1. The second kappa shape index (κ2) is 11.9. The predicted molar refractivity (Wildman–Crippen MR) is 135 cm³/mol. The molecule has 2 amide bonds. The van der Waals surface area contributed by atoms with E-state index < -0.39 is 24.0 Å². The fraction of sp³-hybridized carbons (Fsp3) is 0.462. The zero-order chi connectivity index (χ0) is 27.3. The van der Waals surface area contributed by atoms with Gasteiger partial charge >= 0.3 is 12.2 Å². The van der Waals surface area contributed by atoms with Gasteiger partial charge in [0.2, 0.25) is 0 Å². The van der Waals surface area contributed by atoms with Crippen molar-refractivity contribution in [2.45, 2.75) is 32.4 Å². The Bertz CT molecular complexity index is 1230. The molecule has 0 aliphatic carbocycles. The molecule has 12 heteroatoms. The van der Waals surface area contributed by atoms with Crippen LogP contribution in [0.1, 0.15) is 24.5 Å². The average molecular weight is 534 g/mol. The molecule has 1 aromatic heterocycles. The van der Waals surface area contributed by atoms with Gasteiger partial charge in [0.25, 0.3) is 0 Å². The van der Waals surface area contributed by atoms with Crippen LogP contribution in [0.15, 0.2) is 42.5 Å². The summed E-state index contributed by atoms with van der Waals surface area (Å²) in [7, 11) is 1.71. The van der Waals surface area contributed by atoms with E-state index in [1.54, 1.807) is 25.2 Å². The molecule has 1 saturated heterocycles. The standard InChI is InChI=1S/C26H31F4N7O/c1-3-17-12-19(24-33-34-35-36(24)2)14-22(13-17)32-25(38)31-15-20-16-37(11-9-23(20)26(28,29)30)10-8-18-4-6-21(27)7-5-18/h4-7,12-14,20,23H,3,8-11,15-16H2,1-2H3,(H2,31,32,38)/t20-,23-/m0/s1. The molecule has 2 atom stereocenters. The van der Waals surface area contributed by atoms with Crippen LogP contribution in [0.2, 0.25) is 0 Å². The van der Waals surface area contributed by atoms with Crippen LogP contribution in [-0.4, -0.2) is 63.5 Å². The molecule has 2 heterocycles. The zero-order valence-corrected chi connectivity index (χ0v) is 21.3. The van der Waals surface area contributed by atoms with Crippen molar-refractivity contribution < 1.29 is 22.4 Å². The minimum Gasteiger partial charge on any atom is -0.338 e. The molecule has 2 N–H and O–H groups in total. The van der Waals surface area contributed by atoms with Gasteiger partial charge in [0.15, 0.2) is 5.82 Å². The lowest BCUT2D eigenvalue weighted by molar-refractivity contribution is -0.199. The number of nitrogens with one attached hydrogen (secondary N) is 2. The van der Waals surface area contributed by atoms with Gasteiger partial charge in [-0.2, -0.15) is 13.2 Å². The first-order chi connectivity index (χ1) is 18.1. The van der Waals surface area contributed by atoms with Crippen molar-refractivity contribution in [3.05, 3.63) is 59.4 Å². The highest BCUT2D eigenvalue weighted by Crippen LogP contribution is 2.37. The molecule has 4 rings (SSSR count). The van der Waals surface area contributed by atoms with Gasteiger partial charge in [-0.05, 0) is 77.7 Å². The van der Waals surface area contributed by atoms with Gasteiger partial charge in [0.1, 0.15) is 5.82 Å². The number of piperidine rings is 1. The Labute approximate surface area is 218 Å². The van der Waals surface area contributed by atoms with E-state index in [-0.39, 0.29) is 25.3 Å². The van der Waals surface area contributed by atoms with Crippen LogP contribution < -0.4 is 10.6 Å². The Kier molecular flexibility index (Phi) is 8.60. The van der Waals surface area contributed by atoms with E-state index >= 15 is 0 Å². The summed E-state index contributed by atoms with van der Waals surface area (Å²) in [5, 5.41) is 16.9. The lowest BCUT2D eigenvalue weighted by Crippen LogP contribution is -2.50. The highest BCUT2D eigenvalue weighted by atomic mass is 19.4. The number of tetrazole rings is 1. The number of alkyl halides is 3. The van der Waals surface area contributed by atoms with E-state index in [1.165, 1.54) is 16.8 Å². The van der Waals surface area contributed by atoms with Crippen LogP contribution >= 0.6 is 0 Å². The van der Waals surface area contributed by atoms with Crippen molar-refractivity contribution in [1.29, 1.82) is 0 Å². The van der Waals surface area contributed by atoms with Gasteiger partial charge in [-0.1, -0.05) is 19.1 Å². The first-order valence-corrected chi connectivity index (χ1v) is 12.6. The van der Waals surface area contributed by atoms with Crippen LogP contribution in [-0.2, 0) is 19.9 Å². The number of urea groups is 1. The molecule has 38 heavy (non-hydrogen) atoms. The van der Waals surface area contributed by atoms with E-state index in [0.717, 1.165) is 11.1 Å². The Balaban J connectivity index is 1.38.